The molecule has 1 amide bonds. The van der Waals surface area contributed by atoms with Crippen molar-refractivity contribution in [2.45, 2.75) is 25.4 Å². The van der Waals surface area contributed by atoms with Gasteiger partial charge in [-0.25, -0.2) is 8.42 Å². The second-order valence-corrected chi connectivity index (χ2v) is 9.23. The highest BCUT2D eigenvalue weighted by molar-refractivity contribution is 7.91. The van der Waals surface area contributed by atoms with Crippen molar-refractivity contribution in [2.24, 2.45) is 0 Å². The van der Waals surface area contributed by atoms with Crippen molar-refractivity contribution >= 4 is 21.4 Å². The lowest BCUT2D eigenvalue weighted by molar-refractivity contribution is -0.126. The number of hydrogen-bond acceptors (Lipinski definition) is 6. The fourth-order valence-corrected chi connectivity index (χ4v) is 5.23. The minimum atomic E-state index is -2.98. The summed E-state index contributed by atoms with van der Waals surface area (Å²) in [5.74, 6) is 1.00. The Bertz CT molecular complexity index is 727. The summed E-state index contributed by atoms with van der Waals surface area (Å²) in [6, 6.07) is 7.50. The third kappa shape index (κ3) is 4.48. The van der Waals surface area contributed by atoms with Gasteiger partial charge in [-0.3, -0.25) is 9.69 Å². The van der Waals surface area contributed by atoms with Gasteiger partial charge < -0.3 is 15.0 Å². The molecule has 1 aromatic rings. The van der Waals surface area contributed by atoms with Crippen molar-refractivity contribution < 1.29 is 17.9 Å². The monoisotopic (exact) mass is 381 g/mol. The minimum Gasteiger partial charge on any atom is -0.497 e. The highest BCUT2D eigenvalue weighted by Gasteiger charge is 2.32. The summed E-state index contributed by atoms with van der Waals surface area (Å²) in [7, 11) is -1.32. The Morgan fingerprint density at radius 3 is 2.38 bits per heavy atom. The van der Waals surface area contributed by atoms with Crippen molar-refractivity contribution in [1.29, 1.82) is 0 Å². The van der Waals surface area contributed by atoms with E-state index in [4.69, 9.17) is 4.74 Å². The van der Waals surface area contributed by atoms with Crippen LogP contribution in [0.15, 0.2) is 24.3 Å². The molecule has 0 unspecified atom stereocenters. The zero-order valence-corrected chi connectivity index (χ0v) is 16.2. The lowest BCUT2D eigenvalue weighted by Gasteiger charge is -2.38. The lowest BCUT2D eigenvalue weighted by atomic mass is 10.1. The standard InChI is InChI=1S/C18H27N3O4S/c1-14(18(22)19-15-7-12-26(23,24)13-15)20-8-10-21(11-9-20)16-3-5-17(25-2)6-4-16/h3-6,14-15H,7-13H2,1-2H3,(H,19,22)/t14-,15-/m1/s1. The Morgan fingerprint density at radius 1 is 1.19 bits per heavy atom. The van der Waals surface area contributed by atoms with Crippen LogP contribution in [-0.4, -0.2) is 76.1 Å². The van der Waals surface area contributed by atoms with Crippen molar-refractivity contribution in [1.82, 2.24) is 10.2 Å². The minimum absolute atomic E-state index is 0.0662. The van der Waals surface area contributed by atoms with E-state index in [2.05, 4.69) is 15.1 Å². The fourth-order valence-electron chi connectivity index (χ4n) is 3.56. The predicted molar refractivity (Wildman–Crippen MR) is 101 cm³/mol. The molecule has 2 atom stereocenters. The van der Waals surface area contributed by atoms with Gasteiger partial charge >= 0.3 is 0 Å². The Morgan fingerprint density at radius 2 is 1.85 bits per heavy atom. The van der Waals surface area contributed by atoms with E-state index in [1.807, 2.05) is 31.2 Å². The molecule has 7 nitrogen and oxygen atoms in total. The van der Waals surface area contributed by atoms with Gasteiger partial charge in [0.1, 0.15) is 5.75 Å². The Labute approximate surface area is 155 Å². The van der Waals surface area contributed by atoms with Gasteiger partial charge in [0.15, 0.2) is 9.84 Å². The summed E-state index contributed by atoms with van der Waals surface area (Å²) < 4.78 is 28.3. The first-order valence-corrected chi connectivity index (χ1v) is 10.8. The van der Waals surface area contributed by atoms with Crippen molar-refractivity contribution in [3.05, 3.63) is 24.3 Å². The number of amides is 1. The lowest BCUT2D eigenvalue weighted by Crippen LogP contribution is -2.55. The maximum absolute atomic E-state index is 12.5. The first-order valence-electron chi connectivity index (χ1n) is 9.02. The van der Waals surface area contributed by atoms with Crippen molar-refractivity contribution in [3.8, 4) is 5.75 Å². The summed E-state index contributed by atoms with van der Waals surface area (Å²) in [6.07, 6.45) is 0.520. The van der Waals surface area contributed by atoms with Crippen molar-refractivity contribution in [2.75, 3.05) is 49.7 Å². The van der Waals surface area contributed by atoms with E-state index in [1.165, 1.54) is 0 Å². The number of carbonyl (C=O) groups is 1. The molecular weight excluding hydrogens is 354 g/mol. The molecule has 0 aromatic heterocycles. The van der Waals surface area contributed by atoms with E-state index < -0.39 is 9.84 Å². The third-order valence-electron chi connectivity index (χ3n) is 5.26. The van der Waals surface area contributed by atoms with E-state index >= 15 is 0 Å². The first kappa shape index (κ1) is 19.0. The largest absolute Gasteiger partial charge is 0.497 e. The van der Waals surface area contributed by atoms with Crippen LogP contribution < -0.4 is 15.0 Å². The van der Waals surface area contributed by atoms with Crippen LogP contribution in [0, 0.1) is 0 Å². The van der Waals surface area contributed by atoms with Gasteiger partial charge in [-0.05, 0) is 37.6 Å². The average molecular weight is 381 g/mol. The highest BCUT2D eigenvalue weighted by atomic mass is 32.2. The van der Waals surface area contributed by atoms with Crippen LogP contribution >= 0.6 is 0 Å². The fraction of sp³-hybridized carbons (Fsp3) is 0.611. The molecular formula is C18H27N3O4S. The number of methoxy groups -OCH3 is 1. The number of piperazine rings is 1. The normalized spacial score (nSPS) is 24.2. The molecule has 1 N–H and O–H groups in total. The topological polar surface area (TPSA) is 79.0 Å². The van der Waals surface area contributed by atoms with Gasteiger partial charge in [0, 0.05) is 37.9 Å². The van der Waals surface area contributed by atoms with E-state index in [0.29, 0.717) is 6.42 Å². The SMILES string of the molecule is COc1ccc(N2CCN([C@H](C)C(=O)N[C@@H]3CCS(=O)(=O)C3)CC2)cc1. The summed E-state index contributed by atoms with van der Waals surface area (Å²) in [5, 5.41) is 2.90. The molecule has 2 saturated heterocycles. The molecule has 0 radical (unpaired) electrons. The molecule has 1 aromatic carbocycles. The number of sulfone groups is 1. The van der Waals surface area contributed by atoms with Gasteiger partial charge in [-0.2, -0.15) is 0 Å². The summed E-state index contributed by atoms with van der Waals surface area (Å²) >= 11 is 0. The molecule has 8 heteroatoms. The molecule has 0 bridgehead atoms. The molecule has 3 rings (SSSR count). The summed E-state index contributed by atoms with van der Waals surface area (Å²) in [6.45, 7) is 5.18. The molecule has 144 valence electrons. The van der Waals surface area contributed by atoms with Crippen molar-refractivity contribution in [3.63, 3.8) is 0 Å². The van der Waals surface area contributed by atoms with Gasteiger partial charge in [-0.1, -0.05) is 0 Å². The molecule has 0 aliphatic carbocycles. The van der Waals surface area contributed by atoms with Gasteiger partial charge in [0.2, 0.25) is 5.91 Å². The molecule has 0 saturated carbocycles. The van der Waals surface area contributed by atoms with Crippen LogP contribution in [0.3, 0.4) is 0 Å². The Kier molecular flexibility index (Phi) is 5.72. The van der Waals surface area contributed by atoms with E-state index in [1.54, 1.807) is 7.11 Å². The highest BCUT2D eigenvalue weighted by Crippen LogP contribution is 2.21. The Balaban J connectivity index is 1.49. The van der Waals surface area contributed by atoms with Crippen LogP contribution in [0.4, 0.5) is 5.69 Å². The number of nitrogens with zero attached hydrogens (tertiary/aromatic N) is 2. The van der Waals surface area contributed by atoms with Crippen LogP contribution in [0.1, 0.15) is 13.3 Å². The Hall–Kier alpha value is -1.80. The molecule has 2 aliphatic rings. The van der Waals surface area contributed by atoms with Gasteiger partial charge in [0.05, 0.1) is 24.7 Å². The smallest absolute Gasteiger partial charge is 0.237 e. The molecule has 2 fully saturated rings. The van der Waals surface area contributed by atoms with Crippen LogP contribution in [0.2, 0.25) is 0 Å². The molecule has 2 heterocycles. The quantitative estimate of drug-likeness (QED) is 0.801. The number of ether oxygens (including phenoxy) is 1. The van der Waals surface area contributed by atoms with Gasteiger partial charge in [0.25, 0.3) is 0 Å². The molecule has 26 heavy (non-hydrogen) atoms. The number of rotatable bonds is 5. The van der Waals surface area contributed by atoms with Crippen LogP contribution in [0.5, 0.6) is 5.75 Å². The molecule has 0 spiro atoms. The van der Waals surface area contributed by atoms with E-state index in [9.17, 15) is 13.2 Å². The maximum atomic E-state index is 12.5. The number of anilines is 1. The van der Waals surface area contributed by atoms with Gasteiger partial charge in [-0.15, -0.1) is 0 Å². The number of benzene rings is 1. The second-order valence-electron chi connectivity index (χ2n) is 7.01. The third-order valence-corrected chi connectivity index (χ3v) is 7.03. The second kappa shape index (κ2) is 7.84. The summed E-state index contributed by atoms with van der Waals surface area (Å²) in [5.41, 5.74) is 1.15. The average Bonchev–Trinajstić information content (AvgIpc) is 2.99. The molecule has 2 aliphatic heterocycles. The van der Waals surface area contributed by atoms with E-state index in [0.717, 1.165) is 37.6 Å². The van der Waals surface area contributed by atoms with E-state index in [-0.39, 0.29) is 29.5 Å². The maximum Gasteiger partial charge on any atom is 0.237 e. The number of carbonyl (C=O) groups excluding carboxylic acids is 1. The number of nitrogens with one attached hydrogen (secondary N) is 1. The zero-order chi connectivity index (χ0) is 18.7. The predicted octanol–water partition coefficient (Wildman–Crippen LogP) is 0.509. The number of hydrogen-bond donors (Lipinski definition) is 1. The summed E-state index contributed by atoms with van der Waals surface area (Å²) in [4.78, 5) is 16.9. The van der Waals surface area contributed by atoms with Crippen LogP contribution in [0.25, 0.3) is 0 Å². The van der Waals surface area contributed by atoms with Crippen LogP contribution in [-0.2, 0) is 14.6 Å². The first-order chi connectivity index (χ1) is 12.4. The zero-order valence-electron chi connectivity index (χ0n) is 15.3.